The number of anilines is 1. The van der Waals surface area contributed by atoms with Crippen molar-refractivity contribution in [3.63, 3.8) is 0 Å². The van der Waals surface area contributed by atoms with Crippen molar-refractivity contribution in [1.82, 2.24) is 4.98 Å². The van der Waals surface area contributed by atoms with E-state index in [0.717, 1.165) is 18.2 Å². The molecule has 0 fully saturated rings. The third kappa shape index (κ3) is 4.12. The molecule has 0 aliphatic heterocycles. The van der Waals surface area contributed by atoms with Gasteiger partial charge in [-0.1, -0.05) is 53.5 Å². The fourth-order valence-electron chi connectivity index (χ4n) is 1.93. The largest absolute Gasteiger partial charge is 0.872 e. The highest BCUT2D eigenvalue weighted by molar-refractivity contribution is 6.46. The van der Waals surface area contributed by atoms with Crippen LogP contribution in [-0.4, -0.2) is 21.8 Å². The third-order valence-electron chi connectivity index (χ3n) is 3.13. The number of aromatic nitrogens is 1. The van der Waals surface area contributed by atoms with E-state index in [2.05, 4.69) is 15.5 Å². The van der Waals surface area contributed by atoms with Crippen molar-refractivity contribution in [3.05, 3.63) is 50.5 Å². The van der Waals surface area contributed by atoms with E-state index in [9.17, 15) is 14.3 Å². The number of hydrazone groups is 1. The minimum atomic E-state index is -1.40. The van der Waals surface area contributed by atoms with E-state index >= 15 is 0 Å². The molecule has 0 spiro atoms. The topological polar surface area (TPSA) is 97.6 Å². The number of carboxylic acid groups (broad SMARTS) is 1. The summed E-state index contributed by atoms with van der Waals surface area (Å²) >= 11 is 17.7. The maximum Gasteiger partial charge on any atom is 0.356 e. The van der Waals surface area contributed by atoms with Gasteiger partial charge in [0.05, 0.1) is 11.4 Å². The fourth-order valence-corrected chi connectivity index (χ4v) is 2.60. The Balaban J connectivity index is 2.49. The molecule has 2 aromatic rings. The minimum Gasteiger partial charge on any atom is -0.872 e. The molecule has 0 bridgehead atoms. The van der Waals surface area contributed by atoms with E-state index in [1.165, 1.54) is 0 Å². The maximum atomic E-state index is 13.4. The van der Waals surface area contributed by atoms with Crippen molar-refractivity contribution in [2.75, 3.05) is 5.43 Å². The predicted molar refractivity (Wildman–Crippen MR) is 92.5 cm³/mol. The average molecular weight is 406 g/mol. The molecule has 132 valence electrons. The van der Waals surface area contributed by atoms with Gasteiger partial charge in [-0.3, -0.25) is 5.43 Å². The van der Waals surface area contributed by atoms with Crippen LogP contribution in [0.25, 0.3) is 0 Å². The lowest BCUT2D eigenvalue weighted by Crippen LogP contribution is -2.09. The number of aromatic carboxylic acids is 1. The number of hydrogen-bond acceptors (Lipinski definition) is 5. The van der Waals surface area contributed by atoms with Crippen LogP contribution < -0.4 is 10.5 Å². The molecule has 0 aliphatic rings. The van der Waals surface area contributed by atoms with Crippen molar-refractivity contribution >= 4 is 52.2 Å². The maximum absolute atomic E-state index is 13.4. The van der Waals surface area contributed by atoms with Crippen LogP contribution in [-0.2, 0) is 0 Å². The molecule has 10 heteroatoms. The highest BCUT2D eigenvalue weighted by Crippen LogP contribution is 2.37. The highest BCUT2D eigenvalue weighted by atomic mass is 35.5. The summed E-state index contributed by atoms with van der Waals surface area (Å²) in [7, 11) is 0. The lowest BCUT2D eigenvalue weighted by molar-refractivity contribution is -0.268. The summed E-state index contributed by atoms with van der Waals surface area (Å²) in [5.41, 5.74) is 2.17. The summed E-state index contributed by atoms with van der Waals surface area (Å²) in [5.74, 6) is -2.41. The van der Waals surface area contributed by atoms with E-state index in [1.807, 2.05) is 0 Å². The van der Waals surface area contributed by atoms with Crippen LogP contribution in [0.3, 0.4) is 0 Å². The van der Waals surface area contributed by atoms with E-state index < -0.39 is 23.2 Å². The van der Waals surface area contributed by atoms with Gasteiger partial charge < -0.3 is 10.2 Å². The Bertz CT molecular complexity index is 875. The van der Waals surface area contributed by atoms with Gasteiger partial charge in [-0.25, -0.2) is 14.2 Å². The summed E-state index contributed by atoms with van der Waals surface area (Å²) in [6, 6.07) is 3.18. The zero-order valence-electron chi connectivity index (χ0n) is 12.6. The van der Waals surface area contributed by atoms with Crippen LogP contribution in [0.2, 0.25) is 15.2 Å². The molecule has 0 saturated heterocycles. The normalized spacial score (nSPS) is 11.5. The van der Waals surface area contributed by atoms with Crippen molar-refractivity contribution in [3.8, 4) is 5.75 Å². The Labute approximate surface area is 156 Å². The molecule has 25 heavy (non-hydrogen) atoms. The van der Waals surface area contributed by atoms with Gasteiger partial charge in [0.15, 0.2) is 10.8 Å². The molecule has 2 N–H and O–H groups in total. The number of carboxylic acids is 1. The number of halogens is 4. The first-order chi connectivity index (χ1) is 11.8. The lowest BCUT2D eigenvalue weighted by Gasteiger charge is -2.15. The summed E-state index contributed by atoms with van der Waals surface area (Å²) in [6.07, 6.45) is 0.283. The lowest BCUT2D eigenvalue weighted by atomic mass is 10.1. The summed E-state index contributed by atoms with van der Waals surface area (Å²) in [5, 5.41) is 24.2. The number of nitrogens with one attached hydrogen (secondary N) is 1. The van der Waals surface area contributed by atoms with Crippen molar-refractivity contribution in [2.24, 2.45) is 5.10 Å². The minimum absolute atomic E-state index is 0.0563. The Morgan fingerprint density at radius 2 is 2.04 bits per heavy atom. The van der Waals surface area contributed by atoms with E-state index in [4.69, 9.17) is 39.9 Å². The number of benzene rings is 1. The molecule has 1 aromatic carbocycles. The van der Waals surface area contributed by atoms with Crippen molar-refractivity contribution in [2.45, 2.75) is 13.3 Å². The fraction of sp³-hybridized carbons (Fsp3) is 0.133. The van der Waals surface area contributed by atoms with Crippen LogP contribution >= 0.6 is 34.8 Å². The zero-order valence-corrected chi connectivity index (χ0v) is 14.9. The third-order valence-corrected chi connectivity index (χ3v) is 4.24. The second-order valence-electron chi connectivity index (χ2n) is 4.72. The van der Waals surface area contributed by atoms with Gasteiger partial charge in [-0.15, -0.1) is 0 Å². The van der Waals surface area contributed by atoms with Gasteiger partial charge in [0, 0.05) is 0 Å². The molecular weight excluding hydrogens is 396 g/mol. The molecule has 0 unspecified atom stereocenters. The van der Waals surface area contributed by atoms with Crippen LogP contribution in [0.4, 0.5) is 10.1 Å². The van der Waals surface area contributed by atoms with Crippen LogP contribution in [0, 0.1) is 5.82 Å². The first kappa shape index (κ1) is 19.2. The van der Waals surface area contributed by atoms with Crippen LogP contribution in [0.15, 0.2) is 23.3 Å². The molecule has 1 aromatic heterocycles. The first-order valence-electron chi connectivity index (χ1n) is 6.83. The van der Waals surface area contributed by atoms with E-state index in [0.29, 0.717) is 0 Å². The van der Waals surface area contributed by atoms with Gasteiger partial charge in [0.25, 0.3) is 0 Å². The Morgan fingerprint density at radius 3 is 2.64 bits per heavy atom. The quantitative estimate of drug-likeness (QED) is 0.442. The SMILES string of the molecule is CC/C(=N\Nc1c(Cl)c(Cl)nc(C(=O)O)c1Cl)c1cc(F)ccc1[O-]. The van der Waals surface area contributed by atoms with Gasteiger partial charge in [-0.05, 0) is 24.1 Å². The van der Waals surface area contributed by atoms with Crippen molar-refractivity contribution in [1.29, 1.82) is 0 Å². The average Bonchev–Trinajstić information content (AvgIpc) is 2.56. The van der Waals surface area contributed by atoms with Crippen LogP contribution in [0.5, 0.6) is 5.75 Å². The number of carbonyl (C=O) groups is 1. The predicted octanol–water partition coefficient (Wildman–Crippen LogP) is 4.18. The number of rotatable bonds is 5. The van der Waals surface area contributed by atoms with E-state index in [-0.39, 0.29) is 38.6 Å². The summed E-state index contributed by atoms with van der Waals surface area (Å²) in [4.78, 5) is 14.7. The summed E-state index contributed by atoms with van der Waals surface area (Å²) in [6.45, 7) is 1.70. The Kier molecular flexibility index (Phi) is 6.05. The smallest absolute Gasteiger partial charge is 0.356 e. The molecule has 0 atom stereocenters. The molecule has 2 rings (SSSR count). The zero-order chi connectivity index (χ0) is 18.7. The van der Waals surface area contributed by atoms with E-state index in [1.54, 1.807) is 6.92 Å². The molecule has 1 heterocycles. The summed E-state index contributed by atoms with van der Waals surface area (Å²) < 4.78 is 13.4. The number of hydrogen-bond donors (Lipinski definition) is 2. The number of nitrogens with zero attached hydrogens (tertiary/aromatic N) is 2. The number of pyridine rings is 1. The second-order valence-corrected chi connectivity index (χ2v) is 5.84. The molecule has 0 aliphatic carbocycles. The van der Waals surface area contributed by atoms with Gasteiger partial charge in [-0.2, -0.15) is 5.10 Å². The Hall–Kier alpha value is -2.09. The Morgan fingerprint density at radius 1 is 1.36 bits per heavy atom. The first-order valence-corrected chi connectivity index (χ1v) is 7.96. The standard InChI is InChI=1S/C15H11Cl3FN3O3/c1-2-8(7-5-6(19)3-4-9(7)23)21-22-12-10(16)13(15(24)25)20-14(18)11(12)17/h3-5,23H,2H2,1H3,(H,20,22)(H,24,25)/p-1/b21-8+. The molecule has 6 nitrogen and oxygen atoms in total. The monoisotopic (exact) mass is 404 g/mol. The van der Waals surface area contributed by atoms with Gasteiger partial charge >= 0.3 is 5.97 Å². The molecular formula is C15H10Cl3FN3O3-. The second kappa shape index (κ2) is 7.86. The molecule has 0 radical (unpaired) electrons. The van der Waals surface area contributed by atoms with Gasteiger partial charge in [0.1, 0.15) is 15.9 Å². The van der Waals surface area contributed by atoms with Crippen molar-refractivity contribution < 1.29 is 19.4 Å². The van der Waals surface area contributed by atoms with Crippen LogP contribution in [0.1, 0.15) is 29.4 Å². The highest BCUT2D eigenvalue weighted by Gasteiger charge is 2.21. The van der Waals surface area contributed by atoms with Gasteiger partial charge in [0.2, 0.25) is 0 Å². The molecule has 0 saturated carbocycles. The molecule has 0 amide bonds.